The van der Waals surface area contributed by atoms with Crippen LogP contribution in [0.15, 0.2) is 23.8 Å². The Labute approximate surface area is 87.6 Å². The van der Waals surface area contributed by atoms with Crippen LogP contribution >= 0.6 is 0 Å². The molecule has 0 saturated heterocycles. The quantitative estimate of drug-likeness (QED) is 0.756. The molecule has 1 nitrogen and oxygen atoms in total. The molecule has 3 heteroatoms. The number of benzene rings is 1. The zero-order chi connectivity index (χ0) is 10.8. The number of halogens is 2. The highest BCUT2D eigenvalue weighted by Crippen LogP contribution is 2.25. The summed E-state index contributed by atoms with van der Waals surface area (Å²) in [7, 11) is 0. The molecule has 1 atom stereocenters. The second-order valence-corrected chi connectivity index (χ2v) is 3.98. The summed E-state index contributed by atoms with van der Waals surface area (Å²) in [6.45, 7) is 0. The van der Waals surface area contributed by atoms with Crippen LogP contribution in [0.2, 0.25) is 0 Å². The number of hydrogen-bond donors (Lipinski definition) is 1. The fourth-order valence-electron chi connectivity index (χ4n) is 1.88. The van der Waals surface area contributed by atoms with Crippen molar-refractivity contribution in [3.8, 4) is 0 Å². The molecule has 0 bridgehead atoms. The summed E-state index contributed by atoms with van der Waals surface area (Å²) in [6.07, 6.45) is 4.70. The second kappa shape index (κ2) is 4.11. The molecule has 0 spiro atoms. The highest BCUT2D eigenvalue weighted by atomic mass is 19.2. The van der Waals surface area contributed by atoms with Crippen molar-refractivity contribution in [1.29, 1.82) is 0 Å². The first-order chi connectivity index (χ1) is 7.15. The van der Waals surface area contributed by atoms with E-state index >= 15 is 0 Å². The predicted molar refractivity (Wildman–Crippen MR) is 56.2 cm³/mol. The minimum atomic E-state index is -0.805. The van der Waals surface area contributed by atoms with Gasteiger partial charge in [-0.1, -0.05) is 17.7 Å². The molecule has 0 heterocycles. The molecule has 0 aliphatic heterocycles. The Kier molecular flexibility index (Phi) is 2.82. The molecular weight excluding hydrogens is 196 g/mol. The summed E-state index contributed by atoms with van der Waals surface area (Å²) in [5, 5.41) is 0. The molecular formula is C12H13F2N. The van der Waals surface area contributed by atoms with Gasteiger partial charge in [-0.15, -0.1) is 0 Å². The first kappa shape index (κ1) is 10.3. The summed E-state index contributed by atoms with van der Waals surface area (Å²) < 4.78 is 25.6. The van der Waals surface area contributed by atoms with Gasteiger partial charge < -0.3 is 5.73 Å². The monoisotopic (exact) mass is 209 g/mol. The minimum Gasteiger partial charge on any atom is -0.327 e. The standard InChI is InChI=1S/C12H13F2N/c13-11-4-2-9(7-12(11)14)5-8-1-3-10(15)6-8/h2,4-5,7,10H,1,3,6,15H2/b8-5-. The van der Waals surface area contributed by atoms with Crippen molar-refractivity contribution in [3.05, 3.63) is 41.0 Å². The fourth-order valence-corrected chi connectivity index (χ4v) is 1.88. The third-order valence-corrected chi connectivity index (χ3v) is 2.68. The van der Waals surface area contributed by atoms with Gasteiger partial charge in [0.25, 0.3) is 0 Å². The predicted octanol–water partition coefficient (Wildman–Crippen LogP) is 2.86. The Morgan fingerprint density at radius 2 is 2.07 bits per heavy atom. The zero-order valence-electron chi connectivity index (χ0n) is 8.34. The maximum Gasteiger partial charge on any atom is 0.159 e. The summed E-state index contributed by atoms with van der Waals surface area (Å²) in [5.74, 6) is -1.60. The van der Waals surface area contributed by atoms with Crippen LogP contribution in [0.25, 0.3) is 6.08 Å². The molecule has 80 valence electrons. The smallest absolute Gasteiger partial charge is 0.159 e. The van der Waals surface area contributed by atoms with Gasteiger partial charge in [-0.3, -0.25) is 0 Å². The lowest BCUT2D eigenvalue weighted by Crippen LogP contribution is -2.13. The second-order valence-electron chi connectivity index (χ2n) is 3.98. The maximum absolute atomic E-state index is 12.9. The van der Waals surface area contributed by atoms with Crippen LogP contribution in [-0.2, 0) is 0 Å². The molecule has 0 amide bonds. The van der Waals surface area contributed by atoms with Crippen molar-refractivity contribution in [2.75, 3.05) is 0 Å². The number of nitrogens with two attached hydrogens (primary N) is 1. The molecule has 15 heavy (non-hydrogen) atoms. The average Bonchev–Trinajstić information content (AvgIpc) is 2.58. The van der Waals surface area contributed by atoms with E-state index in [1.165, 1.54) is 11.6 Å². The van der Waals surface area contributed by atoms with E-state index in [4.69, 9.17) is 5.73 Å². The lowest BCUT2D eigenvalue weighted by Gasteiger charge is -1.99. The van der Waals surface area contributed by atoms with Crippen LogP contribution in [0.4, 0.5) is 8.78 Å². The van der Waals surface area contributed by atoms with Gasteiger partial charge in [-0.25, -0.2) is 8.78 Å². The lowest BCUT2D eigenvalue weighted by atomic mass is 10.1. The summed E-state index contributed by atoms with van der Waals surface area (Å²) in [4.78, 5) is 0. The first-order valence-electron chi connectivity index (χ1n) is 5.05. The average molecular weight is 209 g/mol. The van der Waals surface area contributed by atoms with Gasteiger partial charge in [0.2, 0.25) is 0 Å². The van der Waals surface area contributed by atoms with Crippen LogP contribution in [0.3, 0.4) is 0 Å². The Morgan fingerprint density at radius 1 is 1.27 bits per heavy atom. The van der Waals surface area contributed by atoms with E-state index in [-0.39, 0.29) is 6.04 Å². The van der Waals surface area contributed by atoms with E-state index in [9.17, 15) is 8.78 Å². The molecule has 1 saturated carbocycles. The van der Waals surface area contributed by atoms with Gasteiger partial charge in [0, 0.05) is 6.04 Å². The van der Waals surface area contributed by atoms with E-state index in [0.29, 0.717) is 5.56 Å². The van der Waals surface area contributed by atoms with Gasteiger partial charge >= 0.3 is 0 Å². The van der Waals surface area contributed by atoms with Gasteiger partial charge in [0.1, 0.15) is 0 Å². The molecule has 2 rings (SSSR count). The van der Waals surface area contributed by atoms with Gasteiger partial charge in [0.15, 0.2) is 11.6 Å². The van der Waals surface area contributed by atoms with Crippen LogP contribution < -0.4 is 5.73 Å². The Morgan fingerprint density at radius 3 is 2.67 bits per heavy atom. The molecule has 1 fully saturated rings. The topological polar surface area (TPSA) is 26.0 Å². The molecule has 1 unspecified atom stereocenters. The molecule has 2 N–H and O–H groups in total. The van der Waals surface area contributed by atoms with E-state index in [2.05, 4.69) is 0 Å². The highest BCUT2D eigenvalue weighted by molar-refractivity contribution is 5.53. The summed E-state index contributed by atoms with van der Waals surface area (Å²) in [5.41, 5.74) is 7.68. The molecule has 0 aromatic heterocycles. The van der Waals surface area contributed by atoms with Crippen molar-refractivity contribution in [2.45, 2.75) is 25.3 Å². The molecule has 1 aromatic carbocycles. The maximum atomic E-state index is 12.9. The van der Waals surface area contributed by atoms with Crippen molar-refractivity contribution in [1.82, 2.24) is 0 Å². The Hall–Kier alpha value is -1.22. The third-order valence-electron chi connectivity index (χ3n) is 2.68. The van der Waals surface area contributed by atoms with Gasteiger partial charge in [-0.05, 0) is 37.0 Å². The van der Waals surface area contributed by atoms with Crippen LogP contribution in [0, 0.1) is 11.6 Å². The van der Waals surface area contributed by atoms with Crippen LogP contribution in [-0.4, -0.2) is 6.04 Å². The third kappa shape index (κ3) is 2.42. The SMILES string of the molecule is NC1CC/C(=C/c2ccc(F)c(F)c2)C1. The van der Waals surface area contributed by atoms with Crippen molar-refractivity contribution in [2.24, 2.45) is 5.73 Å². The van der Waals surface area contributed by atoms with Crippen molar-refractivity contribution < 1.29 is 8.78 Å². The molecule has 1 aliphatic carbocycles. The summed E-state index contributed by atoms with van der Waals surface area (Å²) >= 11 is 0. The van der Waals surface area contributed by atoms with Gasteiger partial charge in [-0.2, -0.15) is 0 Å². The fraction of sp³-hybridized carbons (Fsp3) is 0.333. The minimum absolute atomic E-state index is 0.224. The van der Waals surface area contributed by atoms with E-state index < -0.39 is 11.6 Å². The first-order valence-corrected chi connectivity index (χ1v) is 5.05. The lowest BCUT2D eigenvalue weighted by molar-refractivity contribution is 0.508. The zero-order valence-corrected chi connectivity index (χ0v) is 8.34. The number of rotatable bonds is 1. The van der Waals surface area contributed by atoms with Gasteiger partial charge in [0.05, 0.1) is 0 Å². The van der Waals surface area contributed by atoms with Crippen molar-refractivity contribution >= 4 is 6.08 Å². The van der Waals surface area contributed by atoms with Crippen molar-refractivity contribution in [3.63, 3.8) is 0 Å². The largest absolute Gasteiger partial charge is 0.327 e. The number of hydrogen-bond acceptors (Lipinski definition) is 1. The van der Waals surface area contributed by atoms with E-state index in [1.54, 1.807) is 6.07 Å². The van der Waals surface area contributed by atoms with E-state index in [1.807, 2.05) is 6.08 Å². The highest BCUT2D eigenvalue weighted by Gasteiger charge is 2.14. The van der Waals surface area contributed by atoms with E-state index in [0.717, 1.165) is 25.3 Å². The normalized spacial score (nSPS) is 23.7. The Balaban J connectivity index is 2.20. The molecule has 1 aromatic rings. The Bertz CT molecular complexity index is 399. The molecule has 1 aliphatic rings. The summed E-state index contributed by atoms with van der Waals surface area (Å²) in [6, 6.07) is 4.17. The van der Waals surface area contributed by atoms with Crippen LogP contribution in [0.5, 0.6) is 0 Å². The molecule has 0 radical (unpaired) electrons. The van der Waals surface area contributed by atoms with Crippen LogP contribution in [0.1, 0.15) is 24.8 Å².